The van der Waals surface area contributed by atoms with E-state index in [-0.39, 0.29) is 36.2 Å². The van der Waals surface area contributed by atoms with Crippen LogP contribution in [0.5, 0.6) is 0 Å². The second-order valence-corrected chi connectivity index (χ2v) is 6.85. The van der Waals surface area contributed by atoms with Gasteiger partial charge in [0.1, 0.15) is 11.6 Å². The van der Waals surface area contributed by atoms with Gasteiger partial charge in [0.2, 0.25) is 0 Å². The summed E-state index contributed by atoms with van der Waals surface area (Å²) in [6.07, 6.45) is -0.168. The van der Waals surface area contributed by atoms with Crippen molar-refractivity contribution in [3.8, 4) is 0 Å². The van der Waals surface area contributed by atoms with Crippen LogP contribution in [0.25, 0.3) is 5.76 Å². The number of amides is 1. The highest BCUT2D eigenvalue weighted by atomic mass is 19.1. The number of non-ortho nitro benzene ring substituents is 1. The predicted molar refractivity (Wildman–Crippen MR) is 105 cm³/mol. The topological polar surface area (TPSA) is 138 Å². The number of likely N-dealkylation sites (tertiary alicyclic amines) is 1. The number of rotatable bonds is 7. The molecule has 10 heteroatoms. The molecule has 1 heterocycles. The van der Waals surface area contributed by atoms with Crippen LogP contribution in [-0.4, -0.2) is 44.2 Å². The number of carboxylic acid groups (broad SMARTS) is 1. The van der Waals surface area contributed by atoms with Gasteiger partial charge in [-0.25, -0.2) is 4.39 Å². The predicted octanol–water partition coefficient (Wildman–Crippen LogP) is 3.02. The van der Waals surface area contributed by atoms with E-state index in [0.717, 1.165) is 29.2 Å². The maximum atomic E-state index is 13.4. The molecule has 0 unspecified atom stereocenters. The Morgan fingerprint density at radius 1 is 1.06 bits per heavy atom. The molecule has 1 fully saturated rings. The molecular formula is C21H17FN2O7. The minimum Gasteiger partial charge on any atom is -0.507 e. The third kappa shape index (κ3) is 4.42. The smallest absolute Gasteiger partial charge is 0.303 e. The van der Waals surface area contributed by atoms with Gasteiger partial charge in [-0.2, -0.15) is 0 Å². The van der Waals surface area contributed by atoms with Gasteiger partial charge in [0.05, 0.1) is 16.5 Å². The highest BCUT2D eigenvalue weighted by Crippen LogP contribution is 2.39. The van der Waals surface area contributed by atoms with Gasteiger partial charge >= 0.3 is 5.97 Å². The summed E-state index contributed by atoms with van der Waals surface area (Å²) in [6, 6.07) is 8.70. The molecule has 1 amide bonds. The lowest BCUT2D eigenvalue weighted by Crippen LogP contribution is -2.31. The number of carbonyl (C=O) groups is 3. The number of nitrogens with zero attached hydrogens (tertiary/aromatic N) is 2. The van der Waals surface area contributed by atoms with Gasteiger partial charge in [0.15, 0.2) is 0 Å². The molecule has 2 aromatic carbocycles. The minimum absolute atomic E-state index is 0.0671. The summed E-state index contributed by atoms with van der Waals surface area (Å²) in [7, 11) is 0. The molecule has 2 aromatic rings. The third-order valence-corrected chi connectivity index (χ3v) is 4.87. The maximum Gasteiger partial charge on any atom is 0.303 e. The van der Waals surface area contributed by atoms with Gasteiger partial charge in [-0.15, -0.1) is 0 Å². The lowest BCUT2D eigenvalue weighted by molar-refractivity contribution is -0.384. The lowest BCUT2D eigenvalue weighted by Gasteiger charge is -2.25. The summed E-state index contributed by atoms with van der Waals surface area (Å²) in [5.41, 5.74) is -0.0535. The fourth-order valence-electron chi connectivity index (χ4n) is 3.40. The van der Waals surface area contributed by atoms with Crippen LogP contribution in [0.1, 0.15) is 30.0 Å². The standard InChI is InChI=1S/C21H17FN2O7/c22-14-7-3-12(4-8-14)18-17(19(27)13-5-9-15(10-6-13)24(30)31)20(28)21(29)23(18)11-1-2-16(25)26/h3-10,18,27H,1-2,11H2,(H,25,26)/b19-17+/t18-/m0/s1. The van der Waals surface area contributed by atoms with Crippen molar-refractivity contribution in [2.45, 2.75) is 18.9 Å². The quantitative estimate of drug-likeness (QED) is 0.227. The van der Waals surface area contributed by atoms with E-state index in [2.05, 4.69) is 0 Å². The number of aliphatic carboxylic acids is 1. The Balaban J connectivity index is 2.08. The van der Waals surface area contributed by atoms with Crippen molar-refractivity contribution < 1.29 is 33.9 Å². The van der Waals surface area contributed by atoms with E-state index in [1.807, 2.05) is 0 Å². The average Bonchev–Trinajstić information content (AvgIpc) is 2.98. The number of halogens is 1. The van der Waals surface area contributed by atoms with Crippen LogP contribution in [-0.2, 0) is 14.4 Å². The molecule has 1 saturated heterocycles. The van der Waals surface area contributed by atoms with Crippen molar-refractivity contribution in [3.05, 3.63) is 81.2 Å². The van der Waals surface area contributed by atoms with Crippen LogP contribution in [0, 0.1) is 15.9 Å². The molecule has 160 valence electrons. The van der Waals surface area contributed by atoms with E-state index in [0.29, 0.717) is 5.56 Å². The fourth-order valence-corrected chi connectivity index (χ4v) is 3.40. The first kappa shape index (κ1) is 21.6. The van der Waals surface area contributed by atoms with E-state index in [4.69, 9.17) is 5.11 Å². The van der Waals surface area contributed by atoms with Gasteiger partial charge in [0, 0.05) is 30.7 Å². The van der Waals surface area contributed by atoms with Crippen molar-refractivity contribution in [2.24, 2.45) is 0 Å². The van der Waals surface area contributed by atoms with Gasteiger partial charge in [-0.05, 0) is 36.2 Å². The van der Waals surface area contributed by atoms with Crippen LogP contribution >= 0.6 is 0 Å². The molecule has 0 aromatic heterocycles. The average molecular weight is 428 g/mol. The molecule has 1 atom stereocenters. The SMILES string of the molecule is O=C(O)CCCN1C(=O)C(=O)/C(=C(/O)c2ccc([N+](=O)[O-])cc2)[C@@H]1c1ccc(F)cc1. The number of ketones is 1. The normalized spacial score (nSPS) is 17.7. The summed E-state index contributed by atoms with van der Waals surface area (Å²) < 4.78 is 13.4. The third-order valence-electron chi connectivity index (χ3n) is 4.87. The van der Waals surface area contributed by atoms with Gasteiger partial charge in [-0.3, -0.25) is 24.5 Å². The zero-order valence-electron chi connectivity index (χ0n) is 16.0. The number of aliphatic hydroxyl groups is 1. The van der Waals surface area contributed by atoms with Crippen LogP contribution in [0.4, 0.5) is 10.1 Å². The summed E-state index contributed by atoms with van der Waals surface area (Å²) in [5, 5.41) is 30.5. The number of carbonyl (C=O) groups excluding carboxylic acids is 2. The van der Waals surface area contributed by atoms with Crippen molar-refractivity contribution in [3.63, 3.8) is 0 Å². The number of nitro groups is 1. The number of carboxylic acids is 1. The summed E-state index contributed by atoms with van der Waals surface area (Å²) in [5.74, 6) is -4.06. The molecule has 31 heavy (non-hydrogen) atoms. The van der Waals surface area contributed by atoms with Gasteiger partial charge in [-0.1, -0.05) is 12.1 Å². The van der Waals surface area contributed by atoms with Gasteiger partial charge in [0.25, 0.3) is 17.4 Å². The van der Waals surface area contributed by atoms with Crippen molar-refractivity contribution in [2.75, 3.05) is 6.54 Å². The molecule has 0 aliphatic carbocycles. The Hall–Kier alpha value is -4.08. The molecule has 1 aliphatic rings. The number of nitro benzene ring substituents is 1. The van der Waals surface area contributed by atoms with Gasteiger partial charge < -0.3 is 15.1 Å². The zero-order valence-corrected chi connectivity index (χ0v) is 16.0. The Kier molecular flexibility index (Phi) is 6.10. The molecular weight excluding hydrogens is 411 g/mol. The summed E-state index contributed by atoms with van der Waals surface area (Å²) in [6.45, 7) is -0.0735. The lowest BCUT2D eigenvalue weighted by atomic mass is 9.95. The first-order valence-corrected chi connectivity index (χ1v) is 9.21. The minimum atomic E-state index is -1.07. The second kappa shape index (κ2) is 8.74. The Bertz CT molecular complexity index is 1080. The highest BCUT2D eigenvalue weighted by Gasteiger charge is 2.45. The van der Waals surface area contributed by atoms with E-state index in [1.165, 1.54) is 24.3 Å². The molecule has 0 spiro atoms. The van der Waals surface area contributed by atoms with E-state index < -0.39 is 40.2 Å². The fraction of sp³-hybridized carbons (Fsp3) is 0.190. The number of hydrogen-bond acceptors (Lipinski definition) is 6. The highest BCUT2D eigenvalue weighted by molar-refractivity contribution is 6.46. The second-order valence-electron chi connectivity index (χ2n) is 6.85. The molecule has 0 bridgehead atoms. The maximum absolute atomic E-state index is 13.4. The number of aliphatic hydroxyl groups excluding tert-OH is 1. The Morgan fingerprint density at radius 3 is 2.23 bits per heavy atom. The molecule has 1 aliphatic heterocycles. The molecule has 0 radical (unpaired) electrons. The molecule has 9 nitrogen and oxygen atoms in total. The Morgan fingerprint density at radius 2 is 1.68 bits per heavy atom. The van der Waals surface area contributed by atoms with Crippen LogP contribution < -0.4 is 0 Å². The monoisotopic (exact) mass is 428 g/mol. The van der Waals surface area contributed by atoms with Crippen LogP contribution in [0.15, 0.2) is 54.1 Å². The van der Waals surface area contributed by atoms with E-state index in [1.54, 1.807) is 0 Å². The Labute approximate surface area is 175 Å². The number of Topliss-reactive ketones (excluding diaryl/α,β-unsaturated/α-hetero) is 1. The van der Waals surface area contributed by atoms with E-state index >= 15 is 0 Å². The van der Waals surface area contributed by atoms with Crippen LogP contribution in [0.2, 0.25) is 0 Å². The van der Waals surface area contributed by atoms with Crippen molar-refractivity contribution in [1.29, 1.82) is 0 Å². The zero-order chi connectivity index (χ0) is 22.7. The number of benzene rings is 2. The largest absolute Gasteiger partial charge is 0.507 e. The van der Waals surface area contributed by atoms with Crippen molar-refractivity contribution in [1.82, 2.24) is 4.90 Å². The number of hydrogen-bond donors (Lipinski definition) is 2. The van der Waals surface area contributed by atoms with Crippen LogP contribution in [0.3, 0.4) is 0 Å². The molecule has 0 saturated carbocycles. The summed E-state index contributed by atoms with van der Waals surface area (Å²) >= 11 is 0. The van der Waals surface area contributed by atoms with E-state index in [9.17, 15) is 34.0 Å². The summed E-state index contributed by atoms with van der Waals surface area (Å²) in [4.78, 5) is 47.6. The first-order chi connectivity index (χ1) is 14.7. The first-order valence-electron chi connectivity index (χ1n) is 9.21. The molecule has 3 rings (SSSR count). The molecule has 2 N–H and O–H groups in total. The van der Waals surface area contributed by atoms with Crippen molar-refractivity contribution >= 4 is 29.1 Å².